The standard InChI is InChI=1S/C13H20N4O/c18-12(15-10-5-2-1-3-6-10)11-9-17-8-4-7-14-13(17)16-11/h9-10H,1-8H2,(H,14,16)(H,15,18). The SMILES string of the molecule is O=C(NC1CCCCC1)c1cn2c(n1)NCCC2. The molecule has 0 radical (unpaired) electrons. The van der Waals surface area contributed by atoms with Crippen LogP contribution >= 0.6 is 0 Å². The van der Waals surface area contributed by atoms with Gasteiger partial charge in [0.2, 0.25) is 5.95 Å². The molecule has 18 heavy (non-hydrogen) atoms. The summed E-state index contributed by atoms with van der Waals surface area (Å²) in [4.78, 5) is 16.5. The van der Waals surface area contributed by atoms with Crippen molar-refractivity contribution in [3.8, 4) is 0 Å². The van der Waals surface area contributed by atoms with Crippen LogP contribution in [-0.4, -0.2) is 28.0 Å². The Labute approximate surface area is 107 Å². The molecule has 0 atom stereocenters. The van der Waals surface area contributed by atoms with Gasteiger partial charge in [-0.25, -0.2) is 4.98 Å². The molecule has 0 aromatic carbocycles. The van der Waals surface area contributed by atoms with Gasteiger partial charge in [-0.1, -0.05) is 19.3 Å². The number of rotatable bonds is 2. The fraction of sp³-hybridized carbons (Fsp3) is 0.692. The summed E-state index contributed by atoms with van der Waals surface area (Å²) in [5.41, 5.74) is 0.546. The van der Waals surface area contributed by atoms with Gasteiger partial charge in [-0.05, 0) is 19.3 Å². The van der Waals surface area contributed by atoms with Crippen LogP contribution in [0.2, 0.25) is 0 Å². The van der Waals surface area contributed by atoms with Gasteiger partial charge in [-0.15, -0.1) is 0 Å². The van der Waals surface area contributed by atoms with Crippen LogP contribution in [0, 0.1) is 0 Å². The Balaban J connectivity index is 1.66. The van der Waals surface area contributed by atoms with Gasteiger partial charge >= 0.3 is 0 Å². The Morgan fingerprint density at radius 3 is 2.94 bits per heavy atom. The van der Waals surface area contributed by atoms with Gasteiger partial charge in [-0.2, -0.15) is 0 Å². The first-order chi connectivity index (χ1) is 8.83. The molecule has 2 N–H and O–H groups in total. The monoisotopic (exact) mass is 248 g/mol. The minimum absolute atomic E-state index is 0.0226. The predicted octanol–water partition coefficient (Wildman–Crippen LogP) is 1.76. The Bertz CT molecular complexity index is 411. The summed E-state index contributed by atoms with van der Waals surface area (Å²) in [7, 11) is 0. The molecule has 98 valence electrons. The van der Waals surface area contributed by atoms with E-state index in [9.17, 15) is 4.79 Å². The first-order valence-corrected chi connectivity index (χ1v) is 6.95. The number of amides is 1. The molecular weight excluding hydrogens is 228 g/mol. The van der Waals surface area contributed by atoms with E-state index >= 15 is 0 Å². The van der Waals surface area contributed by atoms with Crippen LogP contribution < -0.4 is 10.6 Å². The lowest BCUT2D eigenvalue weighted by atomic mass is 9.95. The van der Waals surface area contributed by atoms with Crippen LogP contribution in [0.1, 0.15) is 49.0 Å². The maximum atomic E-state index is 12.1. The largest absolute Gasteiger partial charge is 0.356 e. The zero-order valence-electron chi connectivity index (χ0n) is 10.6. The highest BCUT2D eigenvalue weighted by atomic mass is 16.2. The molecule has 2 heterocycles. The summed E-state index contributed by atoms with van der Waals surface area (Å²) in [6, 6.07) is 0.345. The number of hydrogen-bond donors (Lipinski definition) is 2. The first-order valence-electron chi connectivity index (χ1n) is 6.95. The van der Waals surface area contributed by atoms with Crippen molar-refractivity contribution in [1.29, 1.82) is 0 Å². The summed E-state index contributed by atoms with van der Waals surface area (Å²) < 4.78 is 2.03. The molecule has 0 spiro atoms. The minimum atomic E-state index is -0.0226. The van der Waals surface area contributed by atoms with E-state index in [4.69, 9.17) is 0 Å². The fourth-order valence-corrected chi connectivity index (χ4v) is 2.79. The van der Waals surface area contributed by atoms with Crippen molar-refractivity contribution < 1.29 is 4.79 Å². The highest BCUT2D eigenvalue weighted by Gasteiger charge is 2.20. The number of carbonyl (C=O) groups is 1. The molecular formula is C13H20N4O. The third-order valence-corrected chi connectivity index (χ3v) is 3.81. The number of nitrogens with zero attached hydrogens (tertiary/aromatic N) is 2. The number of hydrogen-bond acceptors (Lipinski definition) is 3. The molecule has 1 aromatic rings. The zero-order chi connectivity index (χ0) is 12.4. The number of nitrogens with one attached hydrogen (secondary N) is 2. The van der Waals surface area contributed by atoms with Crippen molar-refractivity contribution >= 4 is 11.9 Å². The molecule has 1 aliphatic carbocycles. The van der Waals surface area contributed by atoms with Gasteiger partial charge in [0.1, 0.15) is 5.69 Å². The molecule has 1 aromatic heterocycles. The lowest BCUT2D eigenvalue weighted by molar-refractivity contribution is 0.0923. The van der Waals surface area contributed by atoms with Gasteiger partial charge in [0, 0.05) is 25.3 Å². The second-order valence-electron chi connectivity index (χ2n) is 5.23. The van der Waals surface area contributed by atoms with Crippen LogP contribution in [0.5, 0.6) is 0 Å². The molecule has 0 unspecified atom stereocenters. The van der Waals surface area contributed by atoms with E-state index in [1.54, 1.807) is 0 Å². The van der Waals surface area contributed by atoms with E-state index in [0.717, 1.165) is 38.3 Å². The maximum Gasteiger partial charge on any atom is 0.271 e. The highest BCUT2D eigenvalue weighted by molar-refractivity contribution is 5.92. The number of imidazole rings is 1. The van der Waals surface area contributed by atoms with Crippen molar-refractivity contribution in [2.75, 3.05) is 11.9 Å². The van der Waals surface area contributed by atoms with Crippen LogP contribution in [-0.2, 0) is 6.54 Å². The van der Waals surface area contributed by atoms with E-state index in [1.807, 2.05) is 10.8 Å². The maximum absolute atomic E-state index is 12.1. The van der Waals surface area contributed by atoms with Gasteiger partial charge < -0.3 is 15.2 Å². The van der Waals surface area contributed by atoms with Gasteiger partial charge in [-0.3, -0.25) is 4.79 Å². The van der Waals surface area contributed by atoms with Crippen molar-refractivity contribution in [3.05, 3.63) is 11.9 Å². The summed E-state index contributed by atoms with van der Waals surface area (Å²) in [6.45, 7) is 1.90. The van der Waals surface area contributed by atoms with E-state index in [2.05, 4.69) is 15.6 Å². The van der Waals surface area contributed by atoms with Gasteiger partial charge in [0.15, 0.2) is 0 Å². The molecule has 5 nitrogen and oxygen atoms in total. The second-order valence-corrected chi connectivity index (χ2v) is 5.23. The zero-order valence-corrected chi connectivity index (χ0v) is 10.6. The first kappa shape index (κ1) is 11.6. The number of aromatic nitrogens is 2. The second kappa shape index (κ2) is 5.00. The summed E-state index contributed by atoms with van der Waals surface area (Å²) in [5, 5.41) is 6.32. The average Bonchev–Trinajstić information content (AvgIpc) is 2.84. The van der Waals surface area contributed by atoms with E-state index < -0.39 is 0 Å². The number of fused-ring (bicyclic) bond motifs is 1. The van der Waals surface area contributed by atoms with Gasteiger partial charge in [0.25, 0.3) is 5.91 Å². The summed E-state index contributed by atoms with van der Waals surface area (Å²) >= 11 is 0. The Kier molecular flexibility index (Phi) is 3.21. The topological polar surface area (TPSA) is 59.0 Å². The van der Waals surface area contributed by atoms with E-state index in [-0.39, 0.29) is 5.91 Å². The van der Waals surface area contributed by atoms with E-state index in [1.165, 1.54) is 19.3 Å². The fourth-order valence-electron chi connectivity index (χ4n) is 2.79. The Morgan fingerprint density at radius 2 is 2.17 bits per heavy atom. The molecule has 0 bridgehead atoms. The molecule has 0 saturated heterocycles. The van der Waals surface area contributed by atoms with Crippen molar-refractivity contribution in [2.24, 2.45) is 0 Å². The number of carbonyl (C=O) groups excluding carboxylic acids is 1. The molecule has 1 saturated carbocycles. The minimum Gasteiger partial charge on any atom is -0.356 e. The van der Waals surface area contributed by atoms with Gasteiger partial charge in [0.05, 0.1) is 0 Å². The molecule has 5 heteroatoms. The van der Waals surface area contributed by atoms with Crippen LogP contribution in [0.25, 0.3) is 0 Å². The molecule has 1 fully saturated rings. The van der Waals surface area contributed by atoms with Crippen molar-refractivity contribution in [1.82, 2.24) is 14.9 Å². The molecule has 1 aliphatic heterocycles. The quantitative estimate of drug-likeness (QED) is 0.838. The smallest absolute Gasteiger partial charge is 0.271 e. The van der Waals surface area contributed by atoms with Crippen LogP contribution in [0.4, 0.5) is 5.95 Å². The predicted molar refractivity (Wildman–Crippen MR) is 69.7 cm³/mol. The van der Waals surface area contributed by atoms with Crippen molar-refractivity contribution in [3.63, 3.8) is 0 Å². The summed E-state index contributed by atoms with van der Waals surface area (Å²) in [6.07, 6.45) is 8.93. The average molecular weight is 248 g/mol. The lowest BCUT2D eigenvalue weighted by Gasteiger charge is -2.22. The molecule has 3 rings (SSSR count). The lowest BCUT2D eigenvalue weighted by Crippen LogP contribution is -2.36. The normalized spacial score (nSPS) is 20.0. The molecule has 2 aliphatic rings. The van der Waals surface area contributed by atoms with Crippen LogP contribution in [0.15, 0.2) is 6.20 Å². The number of anilines is 1. The van der Waals surface area contributed by atoms with Crippen LogP contribution in [0.3, 0.4) is 0 Å². The Morgan fingerprint density at radius 1 is 1.33 bits per heavy atom. The molecule has 1 amide bonds. The Hall–Kier alpha value is -1.52. The van der Waals surface area contributed by atoms with E-state index in [0.29, 0.717) is 11.7 Å². The third-order valence-electron chi connectivity index (χ3n) is 3.81. The highest BCUT2D eigenvalue weighted by Crippen LogP contribution is 2.18. The van der Waals surface area contributed by atoms with Crippen molar-refractivity contribution in [2.45, 2.75) is 51.1 Å². The summed E-state index contributed by atoms with van der Waals surface area (Å²) in [5.74, 6) is 0.806. The number of aryl methyl sites for hydroxylation is 1. The third kappa shape index (κ3) is 2.35.